The summed E-state index contributed by atoms with van der Waals surface area (Å²) in [6, 6.07) is 18.3. The van der Waals surface area contributed by atoms with Gasteiger partial charge in [0, 0.05) is 24.3 Å². The molecule has 21 heavy (non-hydrogen) atoms. The minimum Gasteiger partial charge on any atom is -0.394 e. The van der Waals surface area contributed by atoms with E-state index in [1.165, 1.54) is 10.9 Å². The highest BCUT2D eigenvalue weighted by atomic mass is 16.3. The summed E-state index contributed by atoms with van der Waals surface area (Å²) in [7, 11) is 0. The lowest BCUT2D eigenvalue weighted by Crippen LogP contribution is -2.23. The van der Waals surface area contributed by atoms with Crippen molar-refractivity contribution in [3.8, 4) is 0 Å². The molecule has 0 radical (unpaired) electrons. The van der Waals surface area contributed by atoms with Crippen molar-refractivity contribution < 1.29 is 5.11 Å². The highest BCUT2D eigenvalue weighted by Gasteiger charge is 2.09. The summed E-state index contributed by atoms with van der Waals surface area (Å²) in [5.74, 6) is 0. The van der Waals surface area contributed by atoms with Gasteiger partial charge in [-0.1, -0.05) is 42.5 Å². The van der Waals surface area contributed by atoms with Crippen molar-refractivity contribution in [1.82, 2.24) is 10.3 Å². The standard InChI is InChI=1S/C18H18N2O/c21-13-18(15-4-2-1-3-5-15)20-11-14-6-7-17-12-19-9-8-16(17)10-14/h1-10,12,18,20-21H,11,13H2. The zero-order valence-corrected chi connectivity index (χ0v) is 11.7. The van der Waals surface area contributed by atoms with Crippen molar-refractivity contribution in [2.45, 2.75) is 12.6 Å². The summed E-state index contributed by atoms with van der Waals surface area (Å²) in [5, 5.41) is 15.3. The molecule has 3 nitrogen and oxygen atoms in total. The second kappa shape index (κ2) is 6.48. The van der Waals surface area contributed by atoms with Crippen molar-refractivity contribution >= 4 is 10.8 Å². The topological polar surface area (TPSA) is 45.1 Å². The molecular formula is C18H18N2O. The predicted molar refractivity (Wildman–Crippen MR) is 84.9 cm³/mol. The van der Waals surface area contributed by atoms with E-state index < -0.39 is 0 Å². The van der Waals surface area contributed by atoms with Crippen molar-refractivity contribution in [1.29, 1.82) is 0 Å². The van der Waals surface area contributed by atoms with Crippen LogP contribution in [0.15, 0.2) is 67.0 Å². The average molecular weight is 278 g/mol. The normalized spacial score (nSPS) is 12.4. The van der Waals surface area contributed by atoms with Crippen molar-refractivity contribution in [2.75, 3.05) is 6.61 Å². The molecule has 0 aliphatic heterocycles. The van der Waals surface area contributed by atoms with E-state index >= 15 is 0 Å². The van der Waals surface area contributed by atoms with Crippen molar-refractivity contribution in [3.05, 3.63) is 78.1 Å². The fourth-order valence-corrected chi connectivity index (χ4v) is 2.46. The summed E-state index contributed by atoms with van der Waals surface area (Å²) < 4.78 is 0. The molecule has 3 aromatic rings. The molecule has 3 heteroatoms. The van der Waals surface area contributed by atoms with Crippen LogP contribution in [0.25, 0.3) is 10.8 Å². The lowest BCUT2D eigenvalue weighted by Gasteiger charge is -2.17. The predicted octanol–water partition coefficient (Wildman–Crippen LogP) is 3.06. The Balaban J connectivity index is 1.73. The lowest BCUT2D eigenvalue weighted by molar-refractivity contribution is 0.243. The molecule has 2 aromatic carbocycles. The molecule has 3 rings (SSSR count). The Bertz CT molecular complexity index is 712. The number of pyridine rings is 1. The first-order valence-corrected chi connectivity index (χ1v) is 7.08. The number of fused-ring (bicyclic) bond motifs is 1. The molecule has 1 aromatic heterocycles. The molecule has 0 bridgehead atoms. The third-order valence-electron chi connectivity index (χ3n) is 3.64. The Kier molecular flexibility index (Phi) is 4.24. The molecule has 0 saturated heterocycles. The molecule has 0 saturated carbocycles. The van der Waals surface area contributed by atoms with Crippen molar-refractivity contribution in [2.24, 2.45) is 0 Å². The molecule has 1 unspecified atom stereocenters. The highest BCUT2D eigenvalue weighted by molar-refractivity contribution is 5.81. The maximum Gasteiger partial charge on any atom is 0.0626 e. The molecule has 1 heterocycles. The maximum atomic E-state index is 9.56. The van der Waals surface area contributed by atoms with Crippen LogP contribution in [0, 0.1) is 0 Å². The Hall–Kier alpha value is -2.23. The number of aliphatic hydroxyl groups excluding tert-OH is 1. The largest absolute Gasteiger partial charge is 0.394 e. The van der Waals surface area contributed by atoms with Crippen LogP contribution in [-0.4, -0.2) is 16.7 Å². The Morgan fingerprint density at radius 2 is 1.86 bits per heavy atom. The molecule has 0 fully saturated rings. The molecule has 106 valence electrons. The first-order valence-electron chi connectivity index (χ1n) is 7.08. The summed E-state index contributed by atoms with van der Waals surface area (Å²) in [5.41, 5.74) is 2.30. The number of aliphatic hydroxyl groups is 1. The number of nitrogens with zero attached hydrogens (tertiary/aromatic N) is 1. The van der Waals surface area contributed by atoms with Crippen molar-refractivity contribution in [3.63, 3.8) is 0 Å². The lowest BCUT2D eigenvalue weighted by atomic mass is 10.1. The van der Waals surface area contributed by atoms with Crippen LogP contribution in [0.4, 0.5) is 0 Å². The van der Waals surface area contributed by atoms with Gasteiger partial charge in [-0.3, -0.25) is 4.98 Å². The van der Waals surface area contributed by atoms with Gasteiger partial charge in [0.05, 0.1) is 12.6 Å². The third-order valence-corrected chi connectivity index (χ3v) is 3.64. The number of rotatable bonds is 5. The number of aromatic nitrogens is 1. The van der Waals surface area contributed by atoms with Crippen LogP contribution < -0.4 is 5.32 Å². The second-order valence-electron chi connectivity index (χ2n) is 5.08. The minimum atomic E-state index is -0.0423. The summed E-state index contributed by atoms with van der Waals surface area (Å²) in [6.07, 6.45) is 3.67. The van der Waals surface area contributed by atoms with E-state index in [1.54, 1.807) is 6.20 Å². The van der Waals surface area contributed by atoms with Crippen LogP contribution in [0.3, 0.4) is 0 Å². The molecule has 1 atom stereocenters. The number of nitrogens with one attached hydrogen (secondary N) is 1. The summed E-state index contributed by atoms with van der Waals surface area (Å²) in [6.45, 7) is 0.805. The SMILES string of the molecule is OCC(NCc1ccc2cnccc2c1)c1ccccc1. The van der Waals surface area contributed by atoms with Crippen LogP contribution in [-0.2, 0) is 6.54 Å². The van der Waals surface area contributed by atoms with E-state index in [-0.39, 0.29) is 12.6 Å². The fourth-order valence-electron chi connectivity index (χ4n) is 2.46. The first-order chi connectivity index (χ1) is 10.4. The first kappa shape index (κ1) is 13.7. The summed E-state index contributed by atoms with van der Waals surface area (Å²) in [4.78, 5) is 4.12. The van der Waals surface area contributed by atoms with Crippen LogP contribution in [0.5, 0.6) is 0 Å². The van der Waals surface area contributed by atoms with Gasteiger partial charge in [-0.15, -0.1) is 0 Å². The molecule has 0 amide bonds. The van der Waals surface area contributed by atoms with Crippen LogP contribution in [0.1, 0.15) is 17.2 Å². The fraction of sp³-hybridized carbons (Fsp3) is 0.167. The zero-order valence-electron chi connectivity index (χ0n) is 11.7. The zero-order chi connectivity index (χ0) is 14.5. The summed E-state index contributed by atoms with van der Waals surface area (Å²) >= 11 is 0. The van der Waals surface area contributed by atoms with Gasteiger partial charge in [0.1, 0.15) is 0 Å². The van der Waals surface area contributed by atoms with E-state index in [1.807, 2.05) is 42.6 Å². The molecule has 0 spiro atoms. The Morgan fingerprint density at radius 3 is 2.67 bits per heavy atom. The van der Waals surface area contributed by atoms with Gasteiger partial charge in [0.25, 0.3) is 0 Å². The third kappa shape index (κ3) is 3.27. The maximum absolute atomic E-state index is 9.56. The monoisotopic (exact) mass is 278 g/mol. The van der Waals surface area contributed by atoms with Gasteiger partial charge < -0.3 is 10.4 Å². The van der Waals surface area contributed by atoms with Gasteiger partial charge in [-0.2, -0.15) is 0 Å². The van der Waals surface area contributed by atoms with Gasteiger partial charge in [-0.05, 0) is 28.6 Å². The minimum absolute atomic E-state index is 0.0423. The Labute approximate surface area is 124 Å². The van der Waals surface area contributed by atoms with E-state index in [0.717, 1.165) is 17.5 Å². The van der Waals surface area contributed by atoms with Crippen LogP contribution in [0.2, 0.25) is 0 Å². The van der Waals surface area contributed by atoms with E-state index in [2.05, 4.69) is 28.5 Å². The van der Waals surface area contributed by atoms with E-state index in [4.69, 9.17) is 0 Å². The number of benzene rings is 2. The highest BCUT2D eigenvalue weighted by Crippen LogP contribution is 2.16. The average Bonchev–Trinajstić information content (AvgIpc) is 2.56. The van der Waals surface area contributed by atoms with Gasteiger partial charge in [0.15, 0.2) is 0 Å². The quantitative estimate of drug-likeness (QED) is 0.754. The smallest absolute Gasteiger partial charge is 0.0626 e. The number of hydrogen-bond acceptors (Lipinski definition) is 3. The van der Waals surface area contributed by atoms with Gasteiger partial charge in [-0.25, -0.2) is 0 Å². The molecule has 0 aliphatic rings. The molecule has 2 N–H and O–H groups in total. The Morgan fingerprint density at radius 1 is 1.00 bits per heavy atom. The van der Waals surface area contributed by atoms with E-state index in [0.29, 0.717) is 0 Å². The molecule has 0 aliphatic carbocycles. The molecular weight excluding hydrogens is 260 g/mol. The van der Waals surface area contributed by atoms with Gasteiger partial charge in [0.2, 0.25) is 0 Å². The number of hydrogen-bond donors (Lipinski definition) is 2. The van der Waals surface area contributed by atoms with Gasteiger partial charge >= 0.3 is 0 Å². The van der Waals surface area contributed by atoms with E-state index in [9.17, 15) is 5.11 Å². The van der Waals surface area contributed by atoms with Crippen LogP contribution >= 0.6 is 0 Å². The second-order valence-corrected chi connectivity index (χ2v) is 5.08.